The lowest BCUT2D eigenvalue weighted by Crippen LogP contribution is -2.09. The zero-order chi connectivity index (χ0) is 11.0. The predicted octanol–water partition coefficient (Wildman–Crippen LogP) is 5.04. The molecular formula is C9H6Br2ClNS2. The molecule has 80 valence electrons. The molecule has 1 nitrogen and oxygen atoms in total. The van der Waals surface area contributed by atoms with E-state index in [0.717, 1.165) is 22.3 Å². The Morgan fingerprint density at radius 3 is 2.47 bits per heavy atom. The highest BCUT2D eigenvalue weighted by Crippen LogP contribution is 2.38. The maximum atomic E-state index is 6.15. The first kappa shape index (κ1) is 12.1. The molecule has 2 N–H and O–H groups in total. The number of hydrogen-bond donors (Lipinski definition) is 1. The fourth-order valence-electron chi connectivity index (χ4n) is 1.21. The number of hydrogen-bond acceptors (Lipinski definition) is 3. The Hall–Kier alpha value is 0.610. The van der Waals surface area contributed by atoms with E-state index < -0.39 is 0 Å². The molecular weight excluding hydrogens is 382 g/mol. The number of nitrogens with two attached hydrogens (primary N) is 1. The molecule has 0 saturated carbocycles. The minimum Gasteiger partial charge on any atom is -0.320 e. The van der Waals surface area contributed by atoms with Crippen molar-refractivity contribution in [3.05, 3.63) is 40.5 Å². The van der Waals surface area contributed by atoms with Gasteiger partial charge in [-0.2, -0.15) is 0 Å². The summed E-state index contributed by atoms with van der Waals surface area (Å²) in [6.45, 7) is 0. The second-order valence-electron chi connectivity index (χ2n) is 2.90. The van der Waals surface area contributed by atoms with Crippen molar-refractivity contribution in [2.24, 2.45) is 5.73 Å². The Labute approximate surface area is 118 Å². The smallest absolute Gasteiger partial charge is 0.0931 e. The van der Waals surface area contributed by atoms with Crippen molar-refractivity contribution in [1.29, 1.82) is 0 Å². The zero-order valence-electron chi connectivity index (χ0n) is 7.34. The largest absolute Gasteiger partial charge is 0.320 e. The van der Waals surface area contributed by atoms with E-state index in [9.17, 15) is 0 Å². The summed E-state index contributed by atoms with van der Waals surface area (Å²) in [7, 11) is 0. The molecule has 0 aliphatic carbocycles. The van der Waals surface area contributed by atoms with E-state index in [1.54, 1.807) is 11.3 Å². The third kappa shape index (κ3) is 2.65. The minimum atomic E-state index is -0.112. The van der Waals surface area contributed by atoms with Gasteiger partial charge in [0.1, 0.15) is 0 Å². The van der Waals surface area contributed by atoms with Crippen molar-refractivity contribution in [3.63, 3.8) is 0 Å². The molecule has 0 bridgehead atoms. The lowest BCUT2D eigenvalue weighted by molar-refractivity contribution is 0.894. The molecule has 2 rings (SSSR count). The van der Waals surface area contributed by atoms with E-state index in [0.29, 0.717) is 0 Å². The maximum Gasteiger partial charge on any atom is 0.0931 e. The van der Waals surface area contributed by atoms with Gasteiger partial charge in [-0.1, -0.05) is 11.6 Å². The highest BCUT2D eigenvalue weighted by atomic mass is 79.9. The molecule has 1 unspecified atom stereocenters. The Bertz CT molecular complexity index is 480. The molecule has 2 aromatic heterocycles. The molecule has 0 fully saturated rings. The molecule has 6 heteroatoms. The summed E-state index contributed by atoms with van der Waals surface area (Å²) in [6.07, 6.45) is 0. The summed E-state index contributed by atoms with van der Waals surface area (Å²) in [5.41, 5.74) is 7.24. The highest BCUT2D eigenvalue weighted by Gasteiger charge is 2.16. The molecule has 0 aromatic carbocycles. The van der Waals surface area contributed by atoms with E-state index in [4.69, 9.17) is 17.3 Å². The predicted molar refractivity (Wildman–Crippen MR) is 75.1 cm³/mol. The summed E-state index contributed by atoms with van der Waals surface area (Å²) in [5, 5.41) is 0. The van der Waals surface area contributed by atoms with Gasteiger partial charge in [0.05, 0.1) is 18.0 Å². The molecule has 0 amide bonds. The van der Waals surface area contributed by atoms with Crippen LogP contribution < -0.4 is 5.73 Å². The highest BCUT2D eigenvalue weighted by molar-refractivity contribution is 9.12. The van der Waals surface area contributed by atoms with E-state index in [2.05, 4.69) is 31.9 Å². The third-order valence-corrected chi connectivity index (χ3v) is 5.62. The SMILES string of the molecule is NC(c1ccc(Cl)s1)c1cc(Br)sc1Br. The van der Waals surface area contributed by atoms with Gasteiger partial charge in [0.25, 0.3) is 0 Å². The topological polar surface area (TPSA) is 26.0 Å². The van der Waals surface area contributed by atoms with E-state index in [-0.39, 0.29) is 6.04 Å². The average molecular weight is 388 g/mol. The van der Waals surface area contributed by atoms with Gasteiger partial charge < -0.3 is 5.73 Å². The van der Waals surface area contributed by atoms with Crippen LogP contribution in [0.5, 0.6) is 0 Å². The zero-order valence-corrected chi connectivity index (χ0v) is 12.9. The number of halogens is 3. The Morgan fingerprint density at radius 1 is 1.27 bits per heavy atom. The van der Waals surface area contributed by atoms with Crippen molar-refractivity contribution >= 4 is 66.1 Å². The van der Waals surface area contributed by atoms with Gasteiger partial charge in [0, 0.05) is 10.4 Å². The van der Waals surface area contributed by atoms with Crippen LogP contribution in [0, 0.1) is 0 Å². The summed E-state index contributed by atoms with van der Waals surface area (Å²) >= 11 is 16.0. The first-order chi connectivity index (χ1) is 7.08. The van der Waals surface area contributed by atoms with Crippen LogP contribution in [0.4, 0.5) is 0 Å². The second-order valence-corrected chi connectivity index (χ2v) is 8.40. The van der Waals surface area contributed by atoms with Crippen LogP contribution in [0.2, 0.25) is 4.34 Å². The van der Waals surface area contributed by atoms with Gasteiger partial charge in [-0.25, -0.2) is 0 Å². The second kappa shape index (κ2) is 4.85. The van der Waals surface area contributed by atoms with Crippen molar-refractivity contribution in [2.75, 3.05) is 0 Å². The summed E-state index contributed by atoms with van der Waals surface area (Å²) < 4.78 is 2.90. The number of thiophene rings is 2. The standard InChI is InChI=1S/C9H6Br2ClNS2/c10-6-3-4(9(11)15-6)8(13)5-1-2-7(12)14-5/h1-3,8H,13H2. The van der Waals surface area contributed by atoms with Crippen LogP contribution in [-0.2, 0) is 0 Å². The van der Waals surface area contributed by atoms with E-state index in [1.165, 1.54) is 11.3 Å². The first-order valence-corrected chi connectivity index (χ1v) is 7.63. The summed E-state index contributed by atoms with van der Waals surface area (Å²) in [5.74, 6) is 0. The average Bonchev–Trinajstić information content (AvgIpc) is 2.71. The lowest BCUT2D eigenvalue weighted by Gasteiger charge is -2.07. The molecule has 2 aromatic rings. The first-order valence-electron chi connectivity index (χ1n) is 4.03. The molecule has 0 aliphatic rings. The van der Waals surface area contributed by atoms with E-state index >= 15 is 0 Å². The Balaban J connectivity index is 2.35. The van der Waals surface area contributed by atoms with Gasteiger partial charge in [-0.3, -0.25) is 0 Å². The van der Waals surface area contributed by atoms with Crippen LogP contribution in [-0.4, -0.2) is 0 Å². The van der Waals surface area contributed by atoms with Crippen molar-refractivity contribution in [3.8, 4) is 0 Å². The fourth-order valence-corrected chi connectivity index (χ4v) is 5.22. The Morgan fingerprint density at radius 2 is 2.00 bits per heavy atom. The molecule has 1 atom stereocenters. The van der Waals surface area contributed by atoms with Gasteiger partial charge in [0.15, 0.2) is 0 Å². The van der Waals surface area contributed by atoms with Crippen LogP contribution in [0.25, 0.3) is 0 Å². The van der Waals surface area contributed by atoms with Gasteiger partial charge >= 0.3 is 0 Å². The summed E-state index contributed by atoms with van der Waals surface area (Å²) in [6, 6.07) is 5.76. The third-order valence-electron chi connectivity index (χ3n) is 1.92. The fraction of sp³-hybridized carbons (Fsp3) is 0.111. The van der Waals surface area contributed by atoms with Gasteiger partial charge in [-0.05, 0) is 50.1 Å². The van der Waals surface area contributed by atoms with Crippen LogP contribution in [0.15, 0.2) is 25.8 Å². The van der Waals surface area contributed by atoms with Gasteiger partial charge in [-0.15, -0.1) is 22.7 Å². The summed E-state index contributed by atoms with van der Waals surface area (Å²) in [4.78, 5) is 1.08. The van der Waals surface area contributed by atoms with Crippen molar-refractivity contribution in [2.45, 2.75) is 6.04 Å². The maximum absolute atomic E-state index is 6.15. The monoisotopic (exact) mass is 385 g/mol. The number of rotatable bonds is 2. The lowest BCUT2D eigenvalue weighted by atomic mass is 10.1. The normalized spacial score (nSPS) is 13.1. The van der Waals surface area contributed by atoms with Crippen molar-refractivity contribution < 1.29 is 0 Å². The molecule has 0 saturated heterocycles. The molecule has 0 radical (unpaired) electrons. The Kier molecular flexibility index (Phi) is 3.91. The molecule has 0 aliphatic heterocycles. The molecule has 0 spiro atoms. The molecule has 15 heavy (non-hydrogen) atoms. The van der Waals surface area contributed by atoms with Crippen LogP contribution in [0.3, 0.4) is 0 Å². The van der Waals surface area contributed by atoms with Gasteiger partial charge in [0.2, 0.25) is 0 Å². The van der Waals surface area contributed by atoms with E-state index in [1.807, 2.05) is 18.2 Å². The minimum absolute atomic E-state index is 0.112. The quantitative estimate of drug-likeness (QED) is 0.768. The van der Waals surface area contributed by atoms with Crippen LogP contribution in [0.1, 0.15) is 16.5 Å². The molecule has 2 heterocycles. The van der Waals surface area contributed by atoms with Crippen molar-refractivity contribution in [1.82, 2.24) is 0 Å². The van der Waals surface area contributed by atoms with Crippen LogP contribution >= 0.6 is 66.1 Å².